The first-order chi connectivity index (χ1) is 27.7. The zero-order valence-corrected chi connectivity index (χ0v) is 42.9. The van der Waals surface area contributed by atoms with Gasteiger partial charge in [0.2, 0.25) is 0 Å². The fourth-order valence-electron chi connectivity index (χ4n) is 4.54. The van der Waals surface area contributed by atoms with Crippen LogP contribution in [0.1, 0.15) is 6.92 Å². The van der Waals surface area contributed by atoms with Gasteiger partial charge in [-0.15, -0.1) is 0 Å². The van der Waals surface area contributed by atoms with E-state index < -0.39 is 42.2 Å². The minimum absolute atomic E-state index is 0. The Morgan fingerprint density at radius 3 is 1.32 bits per heavy atom. The summed E-state index contributed by atoms with van der Waals surface area (Å²) >= 11 is 6.67. The first-order valence-corrected chi connectivity index (χ1v) is 27.5. The van der Waals surface area contributed by atoms with Gasteiger partial charge < -0.3 is 76.7 Å². The number of nitrogens with zero attached hydrogens (tertiary/aromatic N) is 9. The van der Waals surface area contributed by atoms with Crippen molar-refractivity contribution in [1.82, 2.24) is 44.9 Å². The van der Waals surface area contributed by atoms with E-state index in [0.717, 1.165) is 91.6 Å². The van der Waals surface area contributed by atoms with Crippen LogP contribution in [0.3, 0.4) is 0 Å². The van der Waals surface area contributed by atoms with Crippen LogP contribution in [0.25, 0.3) is 0 Å². The third-order valence-corrected chi connectivity index (χ3v) is 8.35. The van der Waals surface area contributed by atoms with Crippen LogP contribution in [0.4, 0.5) is 0 Å². The van der Waals surface area contributed by atoms with E-state index in [0.29, 0.717) is 33.7 Å². The average Bonchev–Trinajstić information content (AvgIpc) is 3.19. The summed E-state index contributed by atoms with van der Waals surface area (Å²) in [6, 6.07) is 0. The molecule has 0 aromatic rings. The monoisotopic (exact) mass is 1110 g/mol. The van der Waals surface area contributed by atoms with Crippen molar-refractivity contribution in [2.75, 3.05) is 192 Å². The number of likely N-dealkylation sites (N-methyl/N-ethyl adjacent to an activating group) is 4. The Morgan fingerprint density at radius 1 is 0.733 bits per heavy atom. The number of aliphatic hydroxyl groups is 1. The van der Waals surface area contributed by atoms with Crippen LogP contribution in [0.2, 0.25) is 0 Å². The van der Waals surface area contributed by atoms with Crippen LogP contribution in [0.15, 0.2) is 0 Å². The van der Waals surface area contributed by atoms with Gasteiger partial charge in [0.1, 0.15) is 32.4 Å². The molecule has 4 heterocycles. The van der Waals surface area contributed by atoms with E-state index in [2.05, 4.69) is 106 Å². The van der Waals surface area contributed by atoms with Crippen LogP contribution in [0.5, 0.6) is 0 Å². The number of alkyl halides is 1. The number of aliphatic hydroxyl groups excluding tert-OH is 1. The summed E-state index contributed by atoms with van der Waals surface area (Å²) in [5.41, 5.74) is 10.7. The minimum atomic E-state index is -0.826. The summed E-state index contributed by atoms with van der Waals surface area (Å²) in [6.45, 7) is 20.9. The van der Waals surface area contributed by atoms with Crippen molar-refractivity contribution < 1.29 is 44.9 Å². The number of nitrogens with one attached hydrogen (secondary N) is 2. The molecule has 0 aliphatic carbocycles. The van der Waals surface area contributed by atoms with E-state index in [1.165, 1.54) is 13.1 Å². The van der Waals surface area contributed by atoms with Crippen molar-refractivity contribution in [3.8, 4) is 0 Å². The van der Waals surface area contributed by atoms with Gasteiger partial charge in [-0.2, -0.15) is 0 Å². The Kier molecular flexibility index (Phi) is 58.8. The number of halogens is 3. The quantitative estimate of drug-likeness (QED) is 0.0221. The molecule has 0 aromatic heterocycles. The Balaban J connectivity index is -0.000000205. The zero-order chi connectivity index (χ0) is 44.4. The molecular weight excluding hydrogens is 1030 g/mol. The second-order valence-corrected chi connectivity index (χ2v) is 17.9. The molecule has 4 aliphatic rings. The molecular formula is C31H76BrCl2N13O11SSn. The number of nitro groups is 2. The second-order valence-electron chi connectivity index (χ2n) is 12.8. The van der Waals surface area contributed by atoms with Gasteiger partial charge in [0.25, 0.3) is 0 Å². The number of thiocarbonyl (C=S) groups is 1. The van der Waals surface area contributed by atoms with Crippen molar-refractivity contribution in [3.05, 3.63) is 20.2 Å². The maximum absolute atomic E-state index is 9.95. The second kappa shape index (κ2) is 51.3. The standard InChI is InChI=1S/C8H18N4OS.C7H15N3O3.C7H17N3O.C5H12N2.C2H4BrNO3.C2H6O.2ClH.2H2O.Sn/c1-11-2-4-12(5-3-11)7-13-6-10-8(9)14;1-8-2-4-9(5-3-8)6-13-7-10(11)12;1-9-2-4-10(5-3-9)7-11-6-8;1-7-4-2-6-3-5-7;3-1-7-2-4(5)6;1-2-3;;;;;/h2-7H2,1H3,(H3,9,10,14);2-7H2,1H3;2-8H2,1H3;6H,2-5H2,1H3;1-2H2;3H,2H2,1H3;2*1H;2*1H2;/q;;;;;;;;;;+2/p-2. The van der Waals surface area contributed by atoms with Crippen molar-refractivity contribution in [2.24, 2.45) is 11.5 Å². The molecule has 362 valence electrons. The number of hydrogen-bond acceptors (Lipinski definition) is 19. The van der Waals surface area contributed by atoms with E-state index in [-0.39, 0.29) is 28.2 Å². The van der Waals surface area contributed by atoms with Crippen molar-refractivity contribution >= 4 is 70.0 Å². The number of piperazine rings is 4. The molecule has 4 aliphatic heterocycles. The maximum atomic E-state index is 9.95. The fraction of sp³-hybridized carbons (Fsp3) is 0.968. The van der Waals surface area contributed by atoms with E-state index in [9.17, 15) is 20.2 Å². The molecule has 0 amide bonds. The molecule has 11 N–H and O–H groups in total. The predicted octanol–water partition coefficient (Wildman–Crippen LogP) is -2.98. The first kappa shape index (κ1) is 68.8. The number of nitrogens with two attached hydrogens (primary N) is 2. The Hall–Kier alpha value is -0.291. The van der Waals surface area contributed by atoms with Crippen LogP contribution >= 0.6 is 46.0 Å². The van der Waals surface area contributed by atoms with Gasteiger partial charge in [-0.1, -0.05) is 15.9 Å². The van der Waals surface area contributed by atoms with E-state index in [1.54, 1.807) is 6.92 Å². The van der Waals surface area contributed by atoms with Gasteiger partial charge in [-0.3, -0.25) is 34.9 Å². The summed E-state index contributed by atoms with van der Waals surface area (Å²) in [7, 11) is 18.4. The zero-order valence-electron chi connectivity index (χ0n) is 36.1. The van der Waals surface area contributed by atoms with Gasteiger partial charge in [0, 0.05) is 121 Å². The third-order valence-electron chi connectivity index (χ3n) is 7.89. The molecule has 60 heavy (non-hydrogen) atoms. The van der Waals surface area contributed by atoms with E-state index in [4.69, 9.17) is 48.6 Å². The van der Waals surface area contributed by atoms with Crippen LogP contribution in [-0.2, 0) is 18.9 Å². The molecule has 4 fully saturated rings. The van der Waals surface area contributed by atoms with Gasteiger partial charge in [-0.05, 0) is 47.3 Å². The number of rotatable bonds is 14. The van der Waals surface area contributed by atoms with Gasteiger partial charge >= 0.3 is 50.2 Å². The van der Waals surface area contributed by atoms with Crippen molar-refractivity contribution in [1.29, 1.82) is 0 Å². The van der Waals surface area contributed by atoms with Crippen LogP contribution < -0.4 is 22.1 Å². The first-order valence-electron chi connectivity index (χ1n) is 18.7. The summed E-state index contributed by atoms with van der Waals surface area (Å²) in [4.78, 5) is 34.2. The van der Waals surface area contributed by atoms with Gasteiger partial charge in [-0.25, -0.2) is 0 Å². The van der Waals surface area contributed by atoms with Crippen molar-refractivity contribution in [3.63, 3.8) is 0 Å². The Labute approximate surface area is 388 Å². The van der Waals surface area contributed by atoms with Gasteiger partial charge in [0.05, 0.1) is 6.73 Å². The summed E-state index contributed by atoms with van der Waals surface area (Å²) in [5, 5.41) is 33.2. The molecule has 4 rings (SSSR count). The van der Waals surface area contributed by atoms with E-state index in [1.807, 2.05) is 0 Å². The number of hydrogen-bond donors (Lipinski definition) is 5. The molecule has 29 heteroatoms. The molecule has 4 saturated heterocycles. The molecule has 0 spiro atoms. The van der Waals surface area contributed by atoms with Crippen LogP contribution in [-0.4, -0.2) is 276 Å². The van der Waals surface area contributed by atoms with Crippen LogP contribution in [0, 0.1) is 20.2 Å². The Bertz CT molecular complexity index is 939. The molecule has 0 aromatic carbocycles. The molecule has 24 nitrogen and oxygen atoms in total. The van der Waals surface area contributed by atoms with E-state index >= 15 is 0 Å². The predicted molar refractivity (Wildman–Crippen MR) is 245 cm³/mol. The number of ether oxygens (including phenoxy) is 4. The average molecular weight is 1110 g/mol. The molecule has 0 bridgehead atoms. The summed E-state index contributed by atoms with van der Waals surface area (Å²) in [6.07, 6.45) is 0. The fourth-order valence-corrected chi connectivity index (χ4v) is 4.74. The van der Waals surface area contributed by atoms with Gasteiger partial charge in [0.15, 0.2) is 5.11 Å². The van der Waals surface area contributed by atoms with Crippen molar-refractivity contribution in [2.45, 2.75) is 6.92 Å². The SMILES string of the molecule is CCO.CN1CCN(COCN)CC1.CN1CCN(COCNC(N)=S)CC1.CN1CCN(COC[N+](=O)[O-])CC1.CN1CCNCC1.O.O.O=[N+]([O-])COCBr.[Cl][Sn][Cl]. The normalized spacial score (nSPS) is 17.6. The molecule has 0 atom stereocenters. The topological polar surface area (TPSA) is 305 Å². The third kappa shape index (κ3) is 53.8. The summed E-state index contributed by atoms with van der Waals surface area (Å²) < 4.78 is 19.6. The Morgan fingerprint density at radius 2 is 1.05 bits per heavy atom. The molecule has 2 radical (unpaired) electrons. The molecule has 0 saturated carbocycles. The summed E-state index contributed by atoms with van der Waals surface area (Å²) in [5.74, 6) is 0. The molecule has 0 unspecified atom stereocenters.